The fourth-order valence-electron chi connectivity index (χ4n) is 2.63. The van der Waals surface area contributed by atoms with E-state index < -0.39 is 0 Å². The zero-order chi connectivity index (χ0) is 14.5. The van der Waals surface area contributed by atoms with Gasteiger partial charge in [0.1, 0.15) is 0 Å². The van der Waals surface area contributed by atoms with Crippen molar-refractivity contribution in [2.24, 2.45) is 0 Å². The molecule has 2 rings (SSSR count). The highest BCUT2D eigenvalue weighted by molar-refractivity contribution is 5.73. The molecule has 110 valence electrons. The summed E-state index contributed by atoms with van der Waals surface area (Å²) >= 11 is 0. The number of nitrogen functional groups attached to an aromatic ring is 1. The lowest BCUT2D eigenvalue weighted by Crippen LogP contribution is -2.35. The number of nitrogens with one attached hydrogen (secondary N) is 1. The van der Waals surface area contributed by atoms with Gasteiger partial charge in [0.15, 0.2) is 0 Å². The highest BCUT2D eigenvalue weighted by atomic mass is 16.1. The molecule has 2 heterocycles. The van der Waals surface area contributed by atoms with Crippen LogP contribution >= 0.6 is 0 Å². The van der Waals surface area contributed by atoms with Crippen LogP contribution in [-0.4, -0.2) is 41.1 Å². The average Bonchev–Trinajstić information content (AvgIpc) is 2.80. The third kappa shape index (κ3) is 4.09. The van der Waals surface area contributed by atoms with Gasteiger partial charge in [-0.15, -0.1) is 0 Å². The SMILES string of the molecule is CC(=O)NC1CCN(CCCn2cc(N)ccc2=O)C1. The predicted octanol–water partition coefficient (Wildman–Crippen LogP) is 0.0310. The van der Waals surface area contributed by atoms with E-state index in [1.165, 1.54) is 6.07 Å². The molecule has 1 atom stereocenters. The Hall–Kier alpha value is -1.82. The summed E-state index contributed by atoms with van der Waals surface area (Å²) in [6, 6.07) is 3.39. The number of aryl methyl sites for hydroxylation is 1. The number of pyridine rings is 1. The van der Waals surface area contributed by atoms with E-state index in [1.54, 1.807) is 23.8 Å². The molecular formula is C14H22N4O2. The number of hydrogen-bond donors (Lipinski definition) is 2. The van der Waals surface area contributed by atoms with Gasteiger partial charge in [-0.05, 0) is 25.5 Å². The molecule has 0 spiro atoms. The summed E-state index contributed by atoms with van der Waals surface area (Å²) in [4.78, 5) is 24.9. The molecule has 0 bridgehead atoms. The van der Waals surface area contributed by atoms with Crippen molar-refractivity contribution in [1.29, 1.82) is 0 Å². The lowest BCUT2D eigenvalue weighted by Gasteiger charge is -2.16. The Morgan fingerprint density at radius 1 is 1.45 bits per heavy atom. The number of nitrogens with zero attached hydrogens (tertiary/aromatic N) is 2. The molecule has 0 aliphatic carbocycles. The molecule has 1 unspecified atom stereocenters. The second-order valence-corrected chi connectivity index (χ2v) is 5.33. The van der Waals surface area contributed by atoms with Crippen molar-refractivity contribution in [1.82, 2.24) is 14.8 Å². The molecule has 1 aromatic rings. The summed E-state index contributed by atoms with van der Waals surface area (Å²) in [5.74, 6) is 0.0307. The number of nitrogens with two attached hydrogens (primary N) is 1. The van der Waals surface area contributed by atoms with Gasteiger partial charge in [0.25, 0.3) is 5.56 Å². The number of hydrogen-bond acceptors (Lipinski definition) is 4. The van der Waals surface area contributed by atoms with E-state index >= 15 is 0 Å². The van der Waals surface area contributed by atoms with Gasteiger partial charge in [-0.2, -0.15) is 0 Å². The zero-order valence-electron chi connectivity index (χ0n) is 11.8. The first-order chi connectivity index (χ1) is 9.54. The smallest absolute Gasteiger partial charge is 0.250 e. The summed E-state index contributed by atoms with van der Waals surface area (Å²) in [6.45, 7) is 5.04. The van der Waals surface area contributed by atoms with Crippen molar-refractivity contribution in [3.63, 3.8) is 0 Å². The van der Waals surface area contributed by atoms with Gasteiger partial charge in [0.2, 0.25) is 5.91 Å². The monoisotopic (exact) mass is 278 g/mol. The standard InChI is InChI=1S/C14H22N4O2/c1-11(19)16-13-5-8-17(10-13)6-2-7-18-9-12(15)3-4-14(18)20/h3-4,9,13H,2,5-8,10,15H2,1H3,(H,16,19). The van der Waals surface area contributed by atoms with Crippen LogP contribution in [0.1, 0.15) is 19.8 Å². The summed E-state index contributed by atoms with van der Waals surface area (Å²) < 4.78 is 1.65. The first kappa shape index (κ1) is 14.6. The summed E-state index contributed by atoms with van der Waals surface area (Å²) in [6.07, 6.45) is 3.58. The van der Waals surface area contributed by atoms with Crippen LogP contribution in [-0.2, 0) is 11.3 Å². The maximum absolute atomic E-state index is 11.6. The normalized spacial score (nSPS) is 19.1. The maximum Gasteiger partial charge on any atom is 0.250 e. The first-order valence-corrected chi connectivity index (χ1v) is 7.00. The van der Waals surface area contributed by atoms with Gasteiger partial charge >= 0.3 is 0 Å². The summed E-state index contributed by atoms with van der Waals surface area (Å²) in [5.41, 5.74) is 6.27. The van der Waals surface area contributed by atoms with Crippen molar-refractivity contribution in [2.45, 2.75) is 32.4 Å². The topological polar surface area (TPSA) is 80.4 Å². The van der Waals surface area contributed by atoms with Crippen LogP contribution in [0, 0.1) is 0 Å². The van der Waals surface area contributed by atoms with Crippen molar-refractivity contribution >= 4 is 11.6 Å². The lowest BCUT2D eigenvalue weighted by atomic mass is 10.2. The maximum atomic E-state index is 11.6. The van der Waals surface area contributed by atoms with E-state index in [1.807, 2.05) is 0 Å². The van der Waals surface area contributed by atoms with Crippen molar-refractivity contribution in [2.75, 3.05) is 25.4 Å². The molecule has 1 amide bonds. The molecule has 1 aliphatic rings. The van der Waals surface area contributed by atoms with Gasteiger partial charge in [-0.1, -0.05) is 0 Å². The fourth-order valence-corrected chi connectivity index (χ4v) is 2.63. The minimum Gasteiger partial charge on any atom is -0.398 e. The molecular weight excluding hydrogens is 256 g/mol. The number of carbonyl (C=O) groups excluding carboxylic acids is 1. The molecule has 6 heteroatoms. The fraction of sp³-hybridized carbons (Fsp3) is 0.571. The van der Waals surface area contributed by atoms with Crippen LogP contribution in [0.5, 0.6) is 0 Å². The third-order valence-corrected chi connectivity index (χ3v) is 3.56. The second-order valence-electron chi connectivity index (χ2n) is 5.33. The Balaban J connectivity index is 1.75. The number of likely N-dealkylation sites (tertiary alicyclic amines) is 1. The van der Waals surface area contributed by atoms with Crippen LogP contribution in [0.3, 0.4) is 0 Å². The summed E-state index contributed by atoms with van der Waals surface area (Å²) in [5, 5.41) is 2.94. The minimum absolute atomic E-state index is 0.0169. The van der Waals surface area contributed by atoms with Crippen LogP contribution in [0.4, 0.5) is 5.69 Å². The Labute approximate surface area is 118 Å². The van der Waals surface area contributed by atoms with Crippen LogP contribution in [0.2, 0.25) is 0 Å². The molecule has 0 radical (unpaired) electrons. The highest BCUT2D eigenvalue weighted by Crippen LogP contribution is 2.09. The van der Waals surface area contributed by atoms with Crippen LogP contribution in [0.25, 0.3) is 0 Å². The largest absolute Gasteiger partial charge is 0.398 e. The Morgan fingerprint density at radius 2 is 2.25 bits per heavy atom. The molecule has 0 aromatic carbocycles. The van der Waals surface area contributed by atoms with Crippen LogP contribution in [0.15, 0.2) is 23.1 Å². The molecule has 1 fully saturated rings. The number of amides is 1. The number of carbonyl (C=O) groups is 1. The molecule has 1 aromatic heterocycles. The predicted molar refractivity (Wildman–Crippen MR) is 78.4 cm³/mol. The molecule has 1 aliphatic heterocycles. The molecule has 3 N–H and O–H groups in total. The van der Waals surface area contributed by atoms with E-state index in [9.17, 15) is 9.59 Å². The average molecular weight is 278 g/mol. The Kier molecular flexibility index (Phi) is 4.79. The Morgan fingerprint density at radius 3 is 3.00 bits per heavy atom. The lowest BCUT2D eigenvalue weighted by molar-refractivity contribution is -0.119. The van der Waals surface area contributed by atoms with E-state index in [0.29, 0.717) is 12.2 Å². The van der Waals surface area contributed by atoms with Gasteiger partial charge in [0.05, 0.1) is 0 Å². The first-order valence-electron chi connectivity index (χ1n) is 7.00. The van der Waals surface area contributed by atoms with Crippen LogP contribution < -0.4 is 16.6 Å². The minimum atomic E-state index is -0.0169. The zero-order valence-corrected chi connectivity index (χ0v) is 11.8. The Bertz CT molecular complexity index is 526. The molecule has 20 heavy (non-hydrogen) atoms. The quantitative estimate of drug-likeness (QED) is 0.796. The van der Waals surface area contributed by atoms with Crippen molar-refractivity contribution in [3.8, 4) is 0 Å². The molecule has 6 nitrogen and oxygen atoms in total. The molecule has 1 saturated heterocycles. The van der Waals surface area contributed by atoms with Gasteiger partial charge in [-0.25, -0.2) is 0 Å². The highest BCUT2D eigenvalue weighted by Gasteiger charge is 2.22. The van der Waals surface area contributed by atoms with E-state index in [-0.39, 0.29) is 17.5 Å². The van der Waals surface area contributed by atoms with Gasteiger partial charge in [-0.3, -0.25) is 9.59 Å². The number of aromatic nitrogens is 1. The number of anilines is 1. The van der Waals surface area contributed by atoms with E-state index in [4.69, 9.17) is 5.73 Å². The van der Waals surface area contributed by atoms with E-state index in [0.717, 1.165) is 32.5 Å². The number of rotatable bonds is 5. The van der Waals surface area contributed by atoms with Crippen molar-refractivity contribution in [3.05, 3.63) is 28.7 Å². The van der Waals surface area contributed by atoms with E-state index in [2.05, 4.69) is 10.2 Å². The third-order valence-electron chi connectivity index (χ3n) is 3.56. The summed E-state index contributed by atoms with van der Waals surface area (Å²) in [7, 11) is 0. The van der Waals surface area contributed by atoms with Gasteiger partial charge in [0, 0.05) is 50.6 Å². The molecule has 0 saturated carbocycles. The second kappa shape index (κ2) is 6.56. The van der Waals surface area contributed by atoms with Crippen molar-refractivity contribution < 1.29 is 4.79 Å². The van der Waals surface area contributed by atoms with Gasteiger partial charge < -0.3 is 20.5 Å².